The normalized spacial score (nSPS) is 18.8. The quantitative estimate of drug-likeness (QED) is 0.531. The number of rotatable bonds is 5. The van der Waals surface area contributed by atoms with Gasteiger partial charge in [0.2, 0.25) is 5.91 Å². The Morgan fingerprint density at radius 3 is 2.28 bits per heavy atom. The van der Waals surface area contributed by atoms with Crippen molar-refractivity contribution in [3.8, 4) is 0 Å². The van der Waals surface area contributed by atoms with Gasteiger partial charge in [0.05, 0.1) is 24.8 Å². The molecule has 2 fully saturated rings. The molecule has 7 heteroatoms. The van der Waals surface area contributed by atoms with Crippen LogP contribution in [0.4, 0.5) is 5.69 Å². The van der Waals surface area contributed by atoms with E-state index in [9.17, 15) is 19.2 Å². The summed E-state index contributed by atoms with van der Waals surface area (Å²) >= 11 is 0. The van der Waals surface area contributed by atoms with Gasteiger partial charge in [-0.25, -0.2) is 9.69 Å². The van der Waals surface area contributed by atoms with Crippen molar-refractivity contribution < 1.29 is 23.9 Å². The first-order valence-electron chi connectivity index (χ1n) is 10.9. The zero-order valence-corrected chi connectivity index (χ0v) is 18.2. The van der Waals surface area contributed by atoms with E-state index in [1.165, 1.54) is 19.2 Å². The predicted octanol–water partition coefficient (Wildman–Crippen LogP) is 3.50. The standard InChI is InChI=1S/C25H26N2O5/c1-16-7-3-6-10-20(16)23(29)26(18-8-4-5-9-18)21-15-22(28)27(24(21)30)19-13-11-17(12-14-19)25(31)32-2/h3,6-7,10-14,18,21H,4-5,8-9,15H2,1-2H3. The first-order valence-corrected chi connectivity index (χ1v) is 10.9. The van der Waals surface area contributed by atoms with E-state index < -0.39 is 17.9 Å². The molecule has 2 aromatic rings. The number of nitrogens with zero attached hydrogens (tertiary/aromatic N) is 2. The molecule has 0 bridgehead atoms. The Morgan fingerprint density at radius 2 is 1.66 bits per heavy atom. The summed E-state index contributed by atoms with van der Waals surface area (Å²) in [6.07, 6.45) is 3.59. The molecule has 1 heterocycles. The van der Waals surface area contributed by atoms with Gasteiger partial charge in [-0.15, -0.1) is 0 Å². The topological polar surface area (TPSA) is 84.0 Å². The van der Waals surface area contributed by atoms with E-state index in [1.807, 2.05) is 25.1 Å². The lowest BCUT2D eigenvalue weighted by molar-refractivity contribution is -0.123. The third-order valence-electron chi connectivity index (χ3n) is 6.33. The molecule has 0 aromatic heterocycles. The molecule has 2 aromatic carbocycles. The van der Waals surface area contributed by atoms with Crippen LogP contribution in [0.15, 0.2) is 48.5 Å². The Morgan fingerprint density at radius 1 is 1.00 bits per heavy atom. The summed E-state index contributed by atoms with van der Waals surface area (Å²) in [6.45, 7) is 1.87. The van der Waals surface area contributed by atoms with E-state index in [1.54, 1.807) is 23.1 Å². The minimum Gasteiger partial charge on any atom is -0.465 e. The number of methoxy groups -OCH3 is 1. The van der Waals surface area contributed by atoms with Crippen LogP contribution in [-0.4, -0.2) is 47.8 Å². The zero-order valence-electron chi connectivity index (χ0n) is 18.2. The number of amides is 3. The lowest BCUT2D eigenvalue weighted by Gasteiger charge is -2.33. The molecular formula is C25H26N2O5. The number of carbonyl (C=O) groups is 4. The van der Waals surface area contributed by atoms with E-state index in [-0.39, 0.29) is 24.3 Å². The van der Waals surface area contributed by atoms with E-state index in [4.69, 9.17) is 4.74 Å². The fourth-order valence-corrected chi connectivity index (χ4v) is 4.67. The second-order valence-electron chi connectivity index (χ2n) is 8.29. The van der Waals surface area contributed by atoms with Crippen LogP contribution < -0.4 is 4.90 Å². The Kier molecular flexibility index (Phi) is 6.08. The van der Waals surface area contributed by atoms with Gasteiger partial charge >= 0.3 is 5.97 Å². The van der Waals surface area contributed by atoms with Crippen molar-refractivity contribution in [2.45, 2.75) is 51.1 Å². The highest BCUT2D eigenvalue weighted by Gasteiger charge is 2.47. The summed E-state index contributed by atoms with van der Waals surface area (Å²) in [7, 11) is 1.29. The molecule has 166 valence electrons. The minimum absolute atomic E-state index is 0.0499. The lowest BCUT2D eigenvalue weighted by atomic mass is 10.0. The number of ether oxygens (including phenoxy) is 1. The van der Waals surface area contributed by atoms with Gasteiger partial charge in [-0.1, -0.05) is 31.0 Å². The van der Waals surface area contributed by atoms with Crippen LogP contribution >= 0.6 is 0 Å². The number of benzene rings is 2. The minimum atomic E-state index is -0.835. The van der Waals surface area contributed by atoms with Crippen molar-refractivity contribution in [1.29, 1.82) is 0 Å². The zero-order chi connectivity index (χ0) is 22.8. The van der Waals surface area contributed by atoms with Crippen LogP contribution in [0.5, 0.6) is 0 Å². The molecule has 0 N–H and O–H groups in total. The molecule has 1 aliphatic heterocycles. The summed E-state index contributed by atoms with van der Waals surface area (Å²) in [6, 6.07) is 12.6. The van der Waals surface area contributed by atoms with Crippen LogP contribution in [0.3, 0.4) is 0 Å². The number of carbonyl (C=O) groups excluding carboxylic acids is 4. The molecule has 0 spiro atoms. The SMILES string of the molecule is COC(=O)c1ccc(N2C(=O)CC(N(C(=O)c3ccccc3C)C3CCCC3)C2=O)cc1. The first kappa shape index (κ1) is 21.7. The van der Waals surface area contributed by atoms with Gasteiger partial charge in [-0.05, 0) is 55.7 Å². The summed E-state index contributed by atoms with van der Waals surface area (Å²) < 4.78 is 4.70. The van der Waals surface area contributed by atoms with Crippen molar-refractivity contribution in [2.75, 3.05) is 12.0 Å². The van der Waals surface area contributed by atoms with Crippen LogP contribution in [0.1, 0.15) is 58.4 Å². The number of esters is 1. The molecule has 1 aliphatic carbocycles. The molecule has 0 radical (unpaired) electrons. The van der Waals surface area contributed by atoms with Crippen molar-refractivity contribution in [3.05, 3.63) is 65.2 Å². The Hall–Kier alpha value is -3.48. The maximum absolute atomic E-state index is 13.6. The van der Waals surface area contributed by atoms with Crippen LogP contribution in [-0.2, 0) is 14.3 Å². The second kappa shape index (κ2) is 8.94. The van der Waals surface area contributed by atoms with Crippen LogP contribution in [0.2, 0.25) is 0 Å². The predicted molar refractivity (Wildman–Crippen MR) is 118 cm³/mol. The van der Waals surface area contributed by atoms with Gasteiger partial charge in [-0.2, -0.15) is 0 Å². The molecule has 32 heavy (non-hydrogen) atoms. The van der Waals surface area contributed by atoms with Crippen molar-refractivity contribution in [2.24, 2.45) is 0 Å². The van der Waals surface area contributed by atoms with E-state index >= 15 is 0 Å². The molecule has 2 aliphatic rings. The van der Waals surface area contributed by atoms with Gasteiger partial charge in [0, 0.05) is 11.6 Å². The second-order valence-corrected chi connectivity index (χ2v) is 8.29. The average molecular weight is 434 g/mol. The molecule has 1 saturated carbocycles. The van der Waals surface area contributed by atoms with Gasteiger partial charge in [0.25, 0.3) is 11.8 Å². The van der Waals surface area contributed by atoms with Crippen LogP contribution in [0.25, 0.3) is 0 Å². The van der Waals surface area contributed by atoms with Gasteiger partial charge in [0.1, 0.15) is 6.04 Å². The number of hydrogen-bond acceptors (Lipinski definition) is 5. The molecule has 4 rings (SSSR count). The monoisotopic (exact) mass is 434 g/mol. The Bertz CT molecular complexity index is 1060. The maximum atomic E-state index is 13.6. The Balaban J connectivity index is 1.65. The summed E-state index contributed by atoms with van der Waals surface area (Å²) in [5, 5.41) is 0. The molecule has 1 atom stereocenters. The summed E-state index contributed by atoms with van der Waals surface area (Å²) in [5.41, 5.74) is 2.10. The van der Waals surface area contributed by atoms with E-state index in [0.717, 1.165) is 36.1 Å². The van der Waals surface area contributed by atoms with Crippen molar-refractivity contribution in [1.82, 2.24) is 4.90 Å². The number of imide groups is 1. The molecular weight excluding hydrogens is 408 g/mol. The molecule has 3 amide bonds. The van der Waals surface area contributed by atoms with Gasteiger partial charge < -0.3 is 9.64 Å². The Labute approximate surface area is 187 Å². The fraction of sp³-hybridized carbons (Fsp3) is 0.360. The molecule has 1 unspecified atom stereocenters. The highest BCUT2D eigenvalue weighted by Crippen LogP contribution is 2.33. The summed E-state index contributed by atoms with van der Waals surface area (Å²) in [4.78, 5) is 54.4. The number of hydrogen-bond donors (Lipinski definition) is 0. The van der Waals surface area contributed by atoms with Crippen LogP contribution in [0, 0.1) is 6.92 Å². The third-order valence-corrected chi connectivity index (χ3v) is 6.33. The van der Waals surface area contributed by atoms with Crippen molar-refractivity contribution in [3.63, 3.8) is 0 Å². The van der Waals surface area contributed by atoms with Crippen molar-refractivity contribution >= 4 is 29.4 Å². The number of anilines is 1. The average Bonchev–Trinajstić information content (AvgIpc) is 3.42. The van der Waals surface area contributed by atoms with E-state index in [2.05, 4.69) is 0 Å². The summed E-state index contributed by atoms with van der Waals surface area (Å²) in [5.74, 6) is -1.46. The number of aryl methyl sites for hydroxylation is 1. The maximum Gasteiger partial charge on any atom is 0.337 e. The van der Waals surface area contributed by atoms with E-state index in [0.29, 0.717) is 16.8 Å². The smallest absolute Gasteiger partial charge is 0.337 e. The fourth-order valence-electron chi connectivity index (χ4n) is 4.67. The first-order chi connectivity index (χ1) is 15.4. The van der Waals surface area contributed by atoms with Gasteiger partial charge in [0.15, 0.2) is 0 Å². The molecule has 1 saturated heterocycles. The largest absolute Gasteiger partial charge is 0.465 e. The lowest BCUT2D eigenvalue weighted by Crippen LogP contribution is -2.50. The molecule has 7 nitrogen and oxygen atoms in total. The highest BCUT2D eigenvalue weighted by atomic mass is 16.5. The highest BCUT2D eigenvalue weighted by molar-refractivity contribution is 6.23. The third kappa shape index (κ3) is 3.90. The van der Waals surface area contributed by atoms with Gasteiger partial charge in [-0.3, -0.25) is 14.4 Å².